The van der Waals surface area contributed by atoms with E-state index in [0.29, 0.717) is 18.5 Å². The van der Waals surface area contributed by atoms with Crippen LogP contribution < -0.4 is 5.32 Å². The number of esters is 1. The molecule has 0 aliphatic heterocycles. The van der Waals surface area contributed by atoms with Crippen LogP contribution >= 0.6 is 0 Å². The van der Waals surface area contributed by atoms with Gasteiger partial charge in [-0.15, -0.1) is 0 Å². The fourth-order valence-electron chi connectivity index (χ4n) is 1.25. The first-order chi connectivity index (χ1) is 7.19. The molecule has 1 N–H and O–H groups in total. The summed E-state index contributed by atoms with van der Waals surface area (Å²) in [5.41, 5.74) is 0.834. The maximum atomic E-state index is 13.4. The van der Waals surface area contributed by atoms with Crippen molar-refractivity contribution < 1.29 is 13.9 Å². The highest BCUT2D eigenvalue weighted by atomic mass is 19.1. The molecule has 0 amide bonds. The average molecular weight is 211 g/mol. The van der Waals surface area contributed by atoms with E-state index in [9.17, 15) is 9.18 Å². The fourth-order valence-corrected chi connectivity index (χ4v) is 1.25. The topological polar surface area (TPSA) is 38.3 Å². The third-order valence-electron chi connectivity index (χ3n) is 2.12. The summed E-state index contributed by atoms with van der Waals surface area (Å²) in [6, 6.07) is 4.38. The van der Waals surface area contributed by atoms with Crippen LogP contribution in [0.5, 0.6) is 0 Å². The maximum Gasteiger partial charge on any atom is 0.337 e. The zero-order chi connectivity index (χ0) is 11.3. The average Bonchev–Trinajstić information content (AvgIpc) is 2.26. The van der Waals surface area contributed by atoms with Gasteiger partial charge in [-0.2, -0.15) is 0 Å². The van der Waals surface area contributed by atoms with E-state index in [1.165, 1.54) is 13.2 Å². The summed E-state index contributed by atoms with van der Waals surface area (Å²) in [6.45, 7) is 0.703. The van der Waals surface area contributed by atoms with E-state index in [0.717, 1.165) is 0 Å². The van der Waals surface area contributed by atoms with Crippen molar-refractivity contribution in [3.8, 4) is 0 Å². The molecule has 0 unspecified atom stereocenters. The monoisotopic (exact) mass is 211 g/mol. The minimum atomic E-state index is -0.519. The van der Waals surface area contributed by atoms with Gasteiger partial charge in [0.1, 0.15) is 5.82 Å². The van der Waals surface area contributed by atoms with Gasteiger partial charge in [-0.25, -0.2) is 9.18 Å². The number of hydrogen-bond donors (Lipinski definition) is 1. The predicted octanol–water partition coefficient (Wildman–Crippen LogP) is 1.37. The zero-order valence-corrected chi connectivity index (χ0v) is 8.84. The normalized spacial score (nSPS) is 10.1. The second-order valence-electron chi connectivity index (χ2n) is 3.15. The summed E-state index contributed by atoms with van der Waals surface area (Å²) >= 11 is 0. The van der Waals surface area contributed by atoms with Gasteiger partial charge >= 0.3 is 5.97 Å². The molecule has 82 valence electrons. The van der Waals surface area contributed by atoms with Crippen molar-refractivity contribution in [1.82, 2.24) is 5.32 Å². The molecule has 0 fully saturated rings. The molecule has 0 bridgehead atoms. The summed E-state index contributed by atoms with van der Waals surface area (Å²) in [5, 5.41) is 2.93. The molecule has 0 saturated heterocycles. The summed E-state index contributed by atoms with van der Waals surface area (Å²) in [7, 11) is 3.08. The first-order valence-corrected chi connectivity index (χ1v) is 4.70. The van der Waals surface area contributed by atoms with E-state index in [4.69, 9.17) is 0 Å². The van der Waals surface area contributed by atoms with Crippen LogP contribution in [-0.4, -0.2) is 26.7 Å². The highest BCUT2D eigenvalue weighted by Gasteiger charge is 2.09. The Morgan fingerprint density at radius 1 is 1.53 bits per heavy atom. The van der Waals surface area contributed by atoms with Crippen molar-refractivity contribution in [2.45, 2.75) is 6.42 Å². The number of hydrogen-bond acceptors (Lipinski definition) is 3. The molecule has 4 heteroatoms. The summed E-state index contributed by atoms with van der Waals surface area (Å²) in [5.74, 6) is -0.887. The second kappa shape index (κ2) is 5.46. The molecular weight excluding hydrogens is 197 g/mol. The molecular formula is C11H14FNO2. The highest BCUT2D eigenvalue weighted by Crippen LogP contribution is 2.11. The Bertz CT molecular complexity index is 352. The number of methoxy groups -OCH3 is 1. The van der Waals surface area contributed by atoms with E-state index < -0.39 is 5.97 Å². The van der Waals surface area contributed by atoms with E-state index >= 15 is 0 Å². The lowest BCUT2D eigenvalue weighted by atomic mass is 10.1. The third-order valence-corrected chi connectivity index (χ3v) is 2.12. The fraction of sp³-hybridized carbons (Fsp3) is 0.364. The van der Waals surface area contributed by atoms with Gasteiger partial charge in [0.25, 0.3) is 0 Å². The number of likely N-dealkylation sites (N-methyl/N-ethyl adjacent to an activating group) is 1. The van der Waals surface area contributed by atoms with Crippen LogP contribution in [0.1, 0.15) is 15.9 Å². The molecule has 1 aromatic carbocycles. The van der Waals surface area contributed by atoms with Gasteiger partial charge in [0.05, 0.1) is 12.7 Å². The summed E-state index contributed by atoms with van der Waals surface area (Å²) < 4.78 is 17.9. The number of benzene rings is 1. The minimum Gasteiger partial charge on any atom is -0.465 e. The molecule has 15 heavy (non-hydrogen) atoms. The van der Waals surface area contributed by atoms with Crippen LogP contribution in [0.15, 0.2) is 18.2 Å². The molecule has 0 heterocycles. The van der Waals surface area contributed by atoms with Crippen LogP contribution in [-0.2, 0) is 11.2 Å². The van der Waals surface area contributed by atoms with Crippen LogP contribution in [0, 0.1) is 5.82 Å². The van der Waals surface area contributed by atoms with E-state index in [-0.39, 0.29) is 11.4 Å². The first-order valence-electron chi connectivity index (χ1n) is 4.70. The lowest BCUT2D eigenvalue weighted by Gasteiger charge is -2.04. The van der Waals surface area contributed by atoms with Crippen LogP contribution in [0.3, 0.4) is 0 Å². The molecule has 0 spiro atoms. The van der Waals surface area contributed by atoms with Crippen molar-refractivity contribution in [3.63, 3.8) is 0 Å². The Labute approximate surface area is 88.2 Å². The Balaban J connectivity index is 2.83. The summed E-state index contributed by atoms with van der Waals surface area (Å²) in [4.78, 5) is 11.1. The Kier molecular flexibility index (Phi) is 4.24. The molecule has 1 rings (SSSR count). The quantitative estimate of drug-likeness (QED) is 0.764. The van der Waals surface area contributed by atoms with E-state index in [1.807, 2.05) is 0 Å². The number of halogens is 1. The maximum absolute atomic E-state index is 13.4. The number of nitrogens with one attached hydrogen (secondary N) is 1. The summed E-state index contributed by atoms with van der Waals surface area (Å²) in [6.07, 6.45) is 0.601. The van der Waals surface area contributed by atoms with Gasteiger partial charge < -0.3 is 10.1 Å². The standard InChI is InChI=1S/C11H14FNO2/c1-13-6-5-8-3-4-9(7-10(8)12)11(14)15-2/h3-4,7,13H,5-6H2,1-2H3. The van der Waals surface area contributed by atoms with Gasteiger partial charge in [-0.1, -0.05) is 6.07 Å². The van der Waals surface area contributed by atoms with Crippen molar-refractivity contribution in [2.75, 3.05) is 20.7 Å². The van der Waals surface area contributed by atoms with E-state index in [1.54, 1.807) is 19.2 Å². The van der Waals surface area contributed by atoms with Crippen molar-refractivity contribution in [1.29, 1.82) is 0 Å². The number of ether oxygens (including phenoxy) is 1. The van der Waals surface area contributed by atoms with Crippen molar-refractivity contribution >= 4 is 5.97 Å². The lowest BCUT2D eigenvalue weighted by Crippen LogP contribution is -2.11. The highest BCUT2D eigenvalue weighted by molar-refractivity contribution is 5.89. The molecule has 1 aromatic rings. The van der Waals surface area contributed by atoms with Crippen molar-refractivity contribution in [2.24, 2.45) is 0 Å². The molecule has 0 atom stereocenters. The smallest absolute Gasteiger partial charge is 0.337 e. The predicted molar refractivity (Wildman–Crippen MR) is 55.4 cm³/mol. The first kappa shape index (κ1) is 11.7. The molecule has 3 nitrogen and oxygen atoms in total. The largest absolute Gasteiger partial charge is 0.465 e. The Morgan fingerprint density at radius 2 is 2.27 bits per heavy atom. The van der Waals surface area contributed by atoms with Gasteiger partial charge in [0.2, 0.25) is 0 Å². The molecule has 0 aliphatic carbocycles. The SMILES string of the molecule is CNCCc1ccc(C(=O)OC)cc1F. The number of rotatable bonds is 4. The minimum absolute atomic E-state index is 0.239. The number of carbonyl (C=O) groups is 1. The van der Waals surface area contributed by atoms with Gasteiger partial charge in [-0.05, 0) is 37.7 Å². The third kappa shape index (κ3) is 3.02. The molecule has 0 aromatic heterocycles. The van der Waals surface area contributed by atoms with Crippen LogP contribution in [0.2, 0.25) is 0 Å². The van der Waals surface area contributed by atoms with Gasteiger partial charge in [0.15, 0.2) is 0 Å². The Hall–Kier alpha value is -1.42. The van der Waals surface area contributed by atoms with Crippen LogP contribution in [0.25, 0.3) is 0 Å². The van der Waals surface area contributed by atoms with E-state index in [2.05, 4.69) is 10.1 Å². The molecule has 0 radical (unpaired) electrons. The molecule has 0 saturated carbocycles. The second-order valence-corrected chi connectivity index (χ2v) is 3.15. The number of carbonyl (C=O) groups excluding carboxylic acids is 1. The zero-order valence-electron chi connectivity index (χ0n) is 8.84. The van der Waals surface area contributed by atoms with Crippen molar-refractivity contribution in [3.05, 3.63) is 35.1 Å². The molecule has 0 aliphatic rings. The van der Waals surface area contributed by atoms with Gasteiger partial charge in [0, 0.05) is 0 Å². The van der Waals surface area contributed by atoms with Crippen LogP contribution in [0.4, 0.5) is 4.39 Å². The Morgan fingerprint density at radius 3 is 2.80 bits per heavy atom. The lowest BCUT2D eigenvalue weighted by molar-refractivity contribution is 0.0600. The van der Waals surface area contributed by atoms with Gasteiger partial charge in [-0.3, -0.25) is 0 Å².